The summed E-state index contributed by atoms with van der Waals surface area (Å²) in [6.45, 7) is 2.01. The quantitative estimate of drug-likeness (QED) is 0.731. The Hall–Kier alpha value is -1.72. The van der Waals surface area contributed by atoms with E-state index in [-0.39, 0.29) is 0 Å². The highest BCUT2D eigenvalue weighted by Crippen LogP contribution is 2.36. The third-order valence-corrected chi connectivity index (χ3v) is 4.93. The first-order chi connectivity index (χ1) is 9.65. The molecule has 3 rings (SSSR count). The lowest BCUT2D eigenvalue weighted by atomic mass is 10.3. The van der Waals surface area contributed by atoms with E-state index in [2.05, 4.69) is 11.1 Å². The van der Waals surface area contributed by atoms with Gasteiger partial charge >= 0.3 is 0 Å². The van der Waals surface area contributed by atoms with Crippen molar-refractivity contribution in [1.82, 2.24) is 4.98 Å². The van der Waals surface area contributed by atoms with Crippen LogP contribution in [0.15, 0.2) is 46.2 Å². The highest BCUT2D eigenvalue weighted by Gasteiger charge is 2.08. The van der Waals surface area contributed by atoms with Crippen LogP contribution in [0, 0.1) is 6.92 Å². The van der Waals surface area contributed by atoms with E-state index in [4.69, 9.17) is 10.5 Å². The molecule has 0 bridgehead atoms. The number of nitrogen functional groups attached to an aromatic ring is 1. The average molecular weight is 302 g/mol. The van der Waals surface area contributed by atoms with Crippen molar-refractivity contribution in [2.45, 2.75) is 16.7 Å². The Balaban J connectivity index is 1.94. The highest BCUT2D eigenvalue weighted by molar-refractivity contribution is 7.99. The molecule has 0 saturated heterocycles. The smallest absolute Gasteiger partial charge is 0.118 e. The van der Waals surface area contributed by atoms with Crippen LogP contribution in [0.2, 0.25) is 0 Å². The molecular weight excluding hydrogens is 288 g/mol. The van der Waals surface area contributed by atoms with Gasteiger partial charge < -0.3 is 10.5 Å². The van der Waals surface area contributed by atoms with Crippen molar-refractivity contribution in [3.05, 3.63) is 41.4 Å². The molecule has 1 heterocycles. The summed E-state index contributed by atoms with van der Waals surface area (Å²) in [5.41, 5.74) is 7.94. The third kappa shape index (κ3) is 2.59. The molecule has 5 heteroatoms. The molecule has 20 heavy (non-hydrogen) atoms. The maximum atomic E-state index is 6.13. The number of ether oxygens (including phenoxy) is 1. The van der Waals surface area contributed by atoms with Crippen LogP contribution < -0.4 is 10.5 Å². The number of fused-ring (bicyclic) bond motifs is 1. The second-order valence-corrected chi connectivity index (χ2v) is 6.72. The van der Waals surface area contributed by atoms with Gasteiger partial charge in [0, 0.05) is 15.5 Å². The summed E-state index contributed by atoms with van der Waals surface area (Å²) in [4.78, 5) is 6.68. The van der Waals surface area contributed by atoms with E-state index in [9.17, 15) is 0 Å². The fourth-order valence-electron chi connectivity index (χ4n) is 1.94. The van der Waals surface area contributed by atoms with Gasteiger partial charge in [-0.25, -0.2) is 4.98 Å². The maximum absolute atomic E-state index is 6.13. The molecular formula is C15H14N2OS2. The monoisotopic (exact) mass is 302 g/mol. The molecule has 0 unspecified atom stereocenters. The zero-order chi connectivity index (χ0) is 14.1. The summed E-state index contributed by atoms with van der Waals surface area (Å²) in [6, 6.07) is 12.0. The number of hydrogen-bond donors (Lipinski definition) is 1. The number of methoxy groups -OCH3 is 1. The summed E-state index contributed by atoms with van der Waals surface area (Å²) in [5, 5.41) is 1.06. The molecule has 0 aliphatic carbocycles. The number of anilines is 1. The van der Waals surface area contributed by atoms with Gasteiger partial charge in [0.15, 0.2) is 0 Å². The van der Waals surface area contributed by atoms with Crippen molar-refractivity contribution in [1.29, 1.82) is 0 Å². The Kier molecular flexibility index (Phi) is 3.54. The predicted molar refractivity (Wildman–Crippen MR) is 85.9 cm³/mol. The molecule has 3 nitrogen and oxygen atoms in total. The van der Waals surface area contributed by atoms with Crippen molar-refractivity contribution in [2.75, 3.05) is 12.8 Å². The number of aromatic nitrogens is 1. The lowest BCUT2D eigenvalue weighted by Crippen LogP contribution is -1.88. The number of benzene rings is 2. The Morgan fingerprint density at radius 1 is 1.20 bits per heavy atom. The van der Waals surface area contributed by atoms with E-state index in [0.717, 1.165) is 36.5 Å². The molecule has 0 aliphatic rings. The Morgan fingerprint density at radius 2 is 1.95 bits per heavy atom. The summed E-state index contributed by atoms with van der Waals surface area (Å²) >= 11 is 3.31. The fraction of sp³-hybridized carbons (Fsp3) is 0.133. The van der Waals surface area contributed by atoms with Crippen LogP contribution in [-0.4, -0.2) is 12.1 Å². The lowest BCUT2D eigenvalue weighted by Gasteiger charge is -2.06. The van der Waals surface area contributed by atoms with Gasteiger partial charge in [-0.3, -0.25) is 0 Å². The first kappa shape index (κ1) is 13.3. The van der Waals surface area contributed by atoms with E-state index >= 15 is 0 Å². The number of nitrogens with zero attached hydrogens (tertiary/aromatic N) is 1. The van der Waals surface area contributed by atoms with Crippen molar-refractivity contribution in [2.24, 2.45) is 0 Å². The van der Waals surface area contributed by atoms with Gasteiger partial charge in [-0.1, -0.05) is 11.8 Å². The minimum Gasteiger partial charge on any atom is -0.497 e. The van der Waals surface area contributed by atoms with Crippen LogP contribution in [0.4, 0.5) is 5.69 Å². The topological polar surface area (TPSA) is 48.1 Å². The van der Waals surface area contributed by atoms with E-state index in [0.29, 0.717) is 0 Å². The second-order valence-electron chi connectivity index (χ2n) is 4.37. The minimum atomic E-state index is 0.793. The largest absolute Gasteiger partial charge is 0.497 e. The fourth-order valence-corrected chi connectivity index (χ4v) is 3.68. The zero-order valence-corrected chi connectivity index (χ0v) is 12.8. The van der Waals surface area contributed by atoms with Gasteiger partial charge in [0.25, 0.3) is 0 Å². The molecule has 0 aliphatic heterocycles. The lowest BCUT2D eigenvalue weighted by molar-refractivity contribution is 0.414. The molecule has 0 amide bonds. The number of hydrogen-bond acceptors (Lipinski definition) is 5. The van der Waals surface area contributed by atoms with Crippen molar-refractivity contribution in [3.8, 4) is 5.75 Å². The molecule has 0 atom stereocenters. The molecule has 0 fully saturated rings. The normalized spacial score (nSPS) is 10.9. The molecule has 0 radical (unpaired) electrons. The molecule has 2 N–H and O–H groups in total. The Bertz CT molecular complexity index is 750. The molecule has 0 spiro atoms. The number of rotatable bonds is 3. The van der Waals surface area contributed by atoms with Gasteiger partial charge in [-0.2, -0.15) is 0 Å². The highest BCUT2D eigenvalue weighted by atomic mass is 32.2. The SMILES string of the molecule is COc1ccc(Sc2cc3nc(C)sc3cc2N)cc1. The first-order valence-electron chi connectivity index (χ1n) is 6.14. The number of aryl methyl sites for hydroxylation is 1. The molecule has 1 aromatic heterocycles. The van der Waals surface area contributed by atoms with E-state index in [1.54, 1.807) is 30.2 Å². The molecule has 102 valence electrons. The summed E-state index contributed by atoms with van der Waals surface area (Å²) in [7, 11) is 1.67. The predicted octanol–water partition coefficient (Wildman–Crippen LogP) is 4.35. The van der Waals surface area contributed by atoms with Crippen molar-refractivity contribution < 1.29 is 4.74 Å². The van der Waals surface area contributed by atoms with Crippen LogP contribution in [0.3, 0.4) is 0 Å². The Morgan fingerprint density at radius 3 is 2.65 bits per heavy atom. The third-order valence-electron chi connectivity index (χ3n) is 2.91. The minimum absolute atomic E-state index is 0.793. The summed E-state index contributed by atoms with van der Waals surface area (Å²) < 4.78 is 6.30. The van der Waals surface area contributed by atoms with Crippen LogP contribution in [0.25, 0.3) is 10.2 Å². The van der Waals surface area contributed by atoms with Crippen LogP contribution >= 0.6 is 23.1 Å². The standard InChI is InChI=1S/C15H14N2OS2/c1-9-17-13-8-14(12(16)7-15(13)19-9)20-11-5-3-10(18-2)4-6-11/h3-8H,16H2,1-2H3. The van der Waals surface area contributed by atoms with Crippen molar-refractivity contribution >= 4 is 39.0 Å². The summed E-state index contributed by atoms with van der Waals surface area (Å²) in [5.74, 6) is 0.855. The average Bonchev–Trinajstić information content (AvgIpc) is 2.79. The maximum Gasteiger partial charge on any atom is 0.118 e. The van der Waals surface area contributed by atoms with E-state index in [1.807, 2.05) is 37.3 Å². The Labute approximate surface area is 125 Å². The van der Waals surface area contributed by atoms with Gasteiger partial charge in [0.2, 0.25) is 0 Å². The number of thiazole rings is 1. The van der Waals surface area contributed by atoms with Crippen LogP contribution in [0.1, 0.15) is 5.01 Å². The van der Waals surface area contributed by atoms with Gasteiger partial charge in [0.1, 0.15) is 5.75 Å². The summed E-state index contributed by atoms with van der Waals surface area (Å²) in [6.07, 6.45) is 0. The van der Waals surface area contributed by atoms with Gasteiger partial charge in [-0.05, 0) is 43.3 Å². The van der Waals surface area contributed by atoms with Crippen LogP contribution in [0.5, 0.6) is 5.75 Å². The van der Waals surface area contributed by atoms with E-state index in [1.165, 1.54) is 0 Å². The van der Waals surface area contributed by atoms with Gasteiger partial charge in [-0.15, -0.1) is 11.3 Å². The zero-order valence-electron chi connectivity index (χ0n) is 11.2. The molecule has 3 aromatic rings. The van der Waals surface area contributed by atoms with E-state index < -0.39 is 0 Å². The number of nitrogens with two attached hydrogens (primary N) is 1. The van der Waals surface area contributed by atoms with Crippen LogP contribution in [-0.2, 0) is 0 Å². The molecule has 2 aromatic carbocycles. The van der Waals surface area contributed by atoms with Gasteiger partial charge in [0.05, 0.1) is 22.3 Å². The molecule has 0 saturated carbocycles. The van der Waals surface area contributed by atoms with Crippen molar-refractivity contribution in [3.63, 3.8) is 0 Å². The first-order valence-corrected chi connectivity index (χ1v) is 7.77. The second kappa shape index (κ2) is 5.34.